The molecule has 0 N–H and O–H groups in total. The van der Waals surface area contributed by atoms with Gasteiger partial charge in [-0.1, -0.05) is 19.9 Å². The van der Waals surface area contributed by atoms with Crippen LogP contribution in [0.3, 0.4) is 0 Å². The minimum absolute atomic E-state index is 0.0538. The van der Waals surface area contributed by atoms with Gasteiger partial charge in [-0.3, -0.25) is 0 Å². The minimum Gasteiger partial charge on any atom is -0.207 e. The number of hydrogen-bond acceptors (Lipinski definition) is 2. The molecule has 1 rings (SSSR count). The average molecular weight is 397 g/mol. The second kappa shape index (κ2) is 7.44. The van der Waals surface area contributed by atoms with Crippen molar-refractivity contribution >= 4 is 37.6 Å². The second-order valence-electron chi connectivity index (χ2n) is 5.86. The Hall–Kier alpha value is -0.100. The average Bonchev–Trinajstić information content (AvgIpc) is 2.39. The quantitative estimate of drug-likeness (QED) is 0.661. The van der Waals surface area contributed by atoms with Gasteiger partial charge in [-0.25, -0.2) is 8.42 Å². The van der Waals surface area contributed by atoms with Crippen molar-refractivity contribution in [1.82, 2.24) is 4.31 Å². The summed E-state index contributed by atoms with van der Waals surface area (Å²) in [5.74, 6) is 0.735. The standard InChI is InChI=1S/C15H23BrClNO2S/c1-10(2)6-12(4)18(5)21(19,20)14-8-13(9-17)7-11(3)15(14)16/h7-8,10,12H,6,9H2,1-5H3. The van der Waals surface area contributed by atoms with Crippen LogP contribution in [-0.4, -0.2) is 25.8 Å². The molecule has 120 valence electrons. The maximum Gasteiger partial charge on any atom is 0.244 e. The third kappa shape index (κ3) is 4.44. The molecule has 0 spiro atoms. The van der Waals surface area contributed by atoms with E-state index >= 15 is 0 Å². The molecule has 6 heteroatoms. The van der Waals surface area contributed by atoms with Gasteiger partial charge in [-0.05, 0) is 59.3 Å². The van der Waals surface area contributed by atoms with Crippen LogP contribution in [0.4, 0.5) is 0 Å². The topological polar surface area (TPSA) is 37.4 Å². The molecule has 3 nitrogen and oxygen atoms in total. The van der Waals surface area contributed by atoms with Crippen LogP contribution in [0.2, 0.25) is 0 Å². The van der Waals surface area contributed by atoms with Gasteiger partial charge in [-0.2, -0.15) is 4.31 Å². The molecule has 0 saturated carbocycles. The summed E-state index contributed by atoms with van der Waals surface area (Å²) >= 11 is 9.26. The predicted octanol–water partition coefficient (Wildman–Crippen LogP) is 4.55. The molecule has 0 aliphatic heterocycles. The molecule has 0 bridgehead atoms. The van der Waals surface area contributed by atoms with Gasteiger partial charge in [0.2, 0.25) is 10.0 Å². The Balaban J connectivity index is 3.27. The number of benzene rings is 1. The highest BCUT2D eigenvalue weighted by Crippen LogP contribution is 2.31. The molecule has 0 heterocycles. The Labute approximate surface area is 141 Å². The van der Waals surface area contributed by atoms with Crippen LogP contribution in [0, 0.1) is 12.8 Å². The van der Waals surface area contributed by atoms with Gasteiger partial charge < -0.3 is 0 Å². The summed E-state index contributed by atoms with van der Waals surface area (Å²) in [6, 6.07) is 3.49. The number of rotatable bonds is 6. The number of halogens is 2. The Kier molecular flexibility index (Phi) is 6.72. The molecule has 0 saturated heterocycles. The molecule has 1 unspecified atom stereocenters. The van der Waals surface area contributed by atoms with E-state index in [1.807, 2.05) is 19.9 Å². The van der Waals surface area contributed by atoms with Crippen molar-refractivity contribution < 1.29 is 8.42 Å². The van der Waals surface area contributed by atoms with Gasteiger partial charge >= 0.3 is 0 Å². The number of alkyl halides is 1. The summed E-state index contributed by atoms with van der Waals surface area (Å²) in [5, 5.41) is 0. The summed E-state index contributed by atoms with van der Waals surface area (Å²) in [5.41, 5.74) is 1.68. The minimum atomic E-state index is -3.54. The van der Waals surface area contributed by atoms with Gasteiger partial charge in [0.25, 0.3) is 0 Å². The van der Waals surface area contributed by atoms with Gasteiger partial charge in [-0.15, -0.1) is 11.6 Å². The number of hydrogen-bond donors (Lipinski definition) is 0. The Bertz CT molecular complexity index is 602. The van der Waals surface area contributed by atoms with E-state index in [0.717, 1.165) is 17.5 Å². The monoisotopic (exact) mass is 395 g/mol. The van der Waals surface area contributed by atoms with Crippen LogP contribution in [-0.2, 0) is 15.9 Å². The van der Waals surface area contributed by atoms with E-state index < -0.39 is 10.0 Å². The molecule has 0 aliphatic carbocycles. The Morgan fingerprint density at radius 1 is 1.29 bits per heavy atom. The Morgan fingerprint density at radius 2 is 1.86 bits per heavy atom. The first kappa shape index (κ1) is 18.9. The van der Waals surface area contributed by atoms with Gasteiger partial charge in [0.05, 0.1) is 4.90 Å². The lowest BCUT2D eigenvalue weighted by molar-refractivity contribution is 0.337. The van der Waals surface area contributed by atoms with Gasteiger partial charge in [0.15, 0.2) is 0 Å². The lowest BCUT2D eigenvalue weighted by Gasteiger charge is -2.26. The van der Waals surface area contributed by atoms with Crippen LogP contribution in [0.15, 0.2) is 21.5 Å². The highest BCUT2D eigenvalue weighted by atomic mass is 79.9. The summed E-state index contributed by atoms with van der Waals surface area (Å²) in [6.07, 6.45) is 0.821. The van der Waals surface area contributed by atoms with Crippen molar-refractivity contribution in [3.05, 3.63) is 27.7 Å². The van der Waals surface area contributed by atoms with Crippen molar-refractivity contribution in [2.75, 3.05) is 7.05 Å². The smallest absolute Gasteiger partial charge is 0.207 e. The maximum atomic E-state index is 12.8. The van der Waals surface area contributed by atoms with E-state index in [1.165, 1.54) is 4.31 Å². The fraction of sp³-hybridized carbons (Fsp3) is 0.600. The summed E-state index contributed by atoms with van der Waals surface area (Å²) in [4.78, 5) is 0.288. The van der Waals surface area contributed by atoms with E-state index in [1.54, 1.807) is 13.1 Å². The molecule has 1 aromatic rings. The van der Waals surface area contributed by atoms with Crippen molar-refractivity contribution in [1.29, 1.82) is 0 Å². The number of sulfonamides is 1. The highest BCUT2D eigenvalue weighted by Gasteiger charge is 2.28. The summed E-state index contributed by atoms with van der Waals surface area (Å²) in [6.45, 7) is 7.98. The number of aryl methyl sites for hydroxylation is 1. The third-order valence-corrected chi connectivity index (χ3v) is 7.15. The first-order valence-corrected chi connectivity index (χ1v) is 9.71. The molecular weight excluding hydrogens is 374 g/mol. The lowest BCUT2D eigenvalue weighted by atomic mass is 10.1. The lowest BCUT2D eigenvalue weighted by Crippen LogP contribution is -2.36. The second-order valence-corrected chi connectivity index (χ2v) is 8.88. The van der Waals surface area contributed by atoms with Crippen molar-refractivity contribution in [3.63, 3.8) is 0 Å². The molecule has 0 radical (unpaired) electrons. The Morgan fingerprint density at radius 3 is 2.33 bits per heavy atom. The zero-order valence-electron chi connectivity index (χ0n) is 13.2. The molecule has 0 amide bonds. The van der Waals surface area contributed by atoms with Crippen molar-refractivity contribution in [2.24, 2.45) is 5.92 Å². The molecule has 0 fully saturated rings. The molecule has 21 heavy (non-hydrogen) atoms. The zero-order chi connectivity index (χ0) is 16.4. The molecule has 1 aromatic carbocycles. The third-order valence-electron chi connectivity index (χ3n) is 3.53. The van der Waals surface area contributed by atoms with Gasteiger partial charge in [0.1, 0.15) is 0 Å². The maximum absolute atomic E-state index is 12.8. The fourth-order valence-electron chi connectivity index (χ4n) is 2.30. The van der Waals surface area contributed by atoms with E-state index in [4.69, 9.17) is 11.6 Å². The first-order valence-electron chi connectivity index (χ1n) is 6.94. The van der Waals surface area contributed by atoms with Crippen LogP contribution < -0.4 is 0 Å². The van der Waals surface area contributed by atoms with Crippen LogP contribution >= 0.6 is 27.5 Å². The van der Waals surface area contributed by atoms with E-state index in [-0.39, 0.29) is 10.9 Å². The zero-order valence-corrected chi connectivity index (χ0v) is 16.3. The first-order chi connectivity index (χ1) is 9.61. The summed E-state index contributed by atoms with van der Waals surface area (Å²) in [7, 11) is -1.91. The van der Waals surface area contributed by atoms with Crippen molar-refractivity contribution in [3.8, 4) is 0 Å². The van der Waals surface area contributed by atoms with E-state index in [2.05, 4.69) is 29.8 Å². The van der Waals surface area contributed by atoms with E-state index in [0.29, 0.717) is 16.3 Å². The molecular formula is C15H23BrClNO2S. The normalized spacial score (nSPS) is 14.0. The number of nitrogens with zero attached hydrogens (tertiary/aromatic N) is 1. The molecule has 1 atom stereocenters. The van der Waals surface area contributed by atoms with Crippen LogP contribution in [0.25, 0.3) is 0 Å². The fourth-order valence-corrected chi connectivity index (χ4v) is 4.85. The molecule has 0 aromatic heterocycles. The van der Waals surface area contributed by atoms with E-state index in [9.17, 15) is 8.42 Å². The van der Waals surface area contributed by atoms with Crippen LogP contribution in [0.1, 0.15) is 38.3 Å². The largest absolute Gasteiger partial charge is 0.244 e. The van der Waals surface area contributed by atoms with Crippen LogP contribution in [0.5, 0.6) is 0 Å². The van der Waals surface area contributed by atoms with Gasteiger partial charge in [0, 0.05) is 23.4 Å². The van der Waals surface area contributed by atoms with Crippen molar-refractivity contribution in [2.45, 2.75) is 50.9 Å². The SMILES string of the molecule is Cc1cc(CCl)cc(S(=O)(=O)N(C)C(C)CC(C)C)c1Br. The summed E-state index contributed by atoms with van der Waals surface area (Å²) < 4.78 is 27.8. The molecule has 0 aliphatic rings. The highest BCUT2D eigenvalue weighted by molar-refractivity contribution is 9.10. The predicted molar refractivity (Wildman–Crippen MR) is 92.3 cm³/mol.